The van der Waals surface area contributed by atoms with Crippen LogP contribution in [0.1, 0.15) is 24.4 Å². The van der Waals surface area contributed by atoms with Crippen LogP contribution in [0.2, 0.25) is 0 Å². The van der Waals surface area contributed by atoms with E-state index in [0.717, 1.165) is 24.1 Å². The van der Waals surface area contributed by atoms with Crippen LogP contribution in [0.3, 0.4) is 0 Å². The monoisotopic (exact) mass is 301 g/mol. The summed E-state index contributed by atoms with van der Waals surface area (Å²) in [6, 6.07) is 5.48. The lowest BCUT2D eigenvalue weighted by molar-refractivity contribution is -0.126. The summed E-state index contributed by atoms with van der Waals surface area (Å²) in [7, 11) is 1.68. The Morgan fingerprint density at radius 3 is 2.50 bits per heavy atom. The first-order valence-electron chi connectivity index (χ1n) is 7.40. The van der Waals surface area contributed by atoms with Gasteiger partial charge in [-0.25, -0.2) is 9.18 Å². The molecule has 2 heterocycles. The van der Waals surface area contributed by atoms with Crippen LogP contribution in [-0.4, -0.2) is 41.4 Å². The molecule has 114 valence electrons. The third-order valence-electron chi connectivity index (χ3n) is 4.58. The number of benzene rings is 1. The molecular weight excluding hydrogens is 285 g/mol. The number of urea groups is 1. The number of carbonyl (C=O) groups excluding carboxylic acids is 2. The number of hydrogen-bond acceptors (Lipinski definition) is 2. The summed E-state index contributed by atoms with van der Waals surface area (Å²) >= 11 is 0. The molecule has 0 saturated heterocycles. The Bertz CT molecular complexity index is 694. The maximum atomic E-state index is 13.1. The second kappa shape index (κ2) is 4.56. The molecule has 5 nitrogen and oxygen atoms in total. The van der Waals surface area contributed by atoms with Gasteiger partial charge < -0.3 is 10.2 Å². The van der Waals surface area contributed by atoms with Crippen LogP contribution in [0.4, 0.5) is 9.18 Å². The molecule has 0 unspecified atom stereocenters. The minimum absolute atomic E-state index is 0.0151. The van der Waals surface area contributed by atoms with Crippen molar-refractivity contribution in [2.45, 2.75) is 24.9 Å². The molecule has 2 aliphatic heterocycles. The van der Waals surface area contributed by atoms with Gasteiger partial charge in [0.1, 0.15) is 5.82 Å². The largest absolute Gasteiger partial charge is 0.330 e. The second-order valence-corrected chi connectivity index (χ2v) is 6.02. The molecular formula is C16H16FN3O2. The summed E-state index contributed by atoms with van der Waals surface area (Å²) in [6.07, 6.45) is 2.05. The first-order chi connectivity index (χ1) is 10.6. The average molecular weight is 301 g/mol. The standard InChI is InChI=1S/C16H16FN3O2/c1-19-12-8-20(11-6-7-11)15(21)13(12)14(18-16(19)22)9-2-4-10(17)5-3-9/h2-5,11,14H,6-8H2,1H3,(H,18,22)/t14-/m0/s1. The van der Waals surface area contributed by atoms with Crippen molar-refractivity contribution in [1.82, 2.24) is 15.1 Å². The van der Waals surface area contributed by atoms with E-state index in [-0.39, 0.29) is 17.8 Å². The molecule has 1 aromatic carbocycles. The van der Waals surface area contributed by atoms with Crippen molar-refractivity contribution in [2.24, 2.45) is 0 Å². The van der Waals surface area contributed by atoms with E-state index in [4.69, 9.17) is 0 Å². The number of likely N-dealkylation sites (N-methyl/N-ethyl adjacent to an activating group) is 1. The molecule has 6 heteroatoms. The molecule has 0 aromatic heterocycles. The third-order valence-corrected chi connectivity index (χ3v) is 4.58. The number of hydrogen-bond donors (Lipinski definition) is 1. The van der Waals surface area contributed by atoms with Crippen molar-refractivity contribution < 1.29 is 14.0 Å². The molecule has 3 aliphatic rings. The lowest BCUT2D eigenvalue weighted by Crippen LogP contribution is -2.45. The number of rotatable bonds is 2. The van der Waals surface area contributed by atoms with Gasteiger partial charge in [0.05, 0.1) is 23.9 Å². The zero-order valence-electron chi connectivity index (χ0n) is 12.2. The zero-order chi connectivity index (χ0) is 15.4. The fourth-order valence-corrected chi connectivity index (χ4v) is 3.17. The van der Waals surface area contributed by atoms with Crippen molar-refractivity contribution in [3.8, 4) is 0 Å². The van der Waals surface area contributed by atoms with Gasteiger partial charge in [-0.05, 0) is 30.5 Å². The molecule has 4 rings (SSSR count). The van der Waals surface area contributed by atoms with Crippen LogP contribution in [0, 0.1) is 5.82 Å². The highest BCUT2D eigenvalue weighted by molar-refractivity contribution is 6.01. The molecule has 1 fully saturated rings. The topological polar surface area (TPSA) is 52.7 Å². The van der Waals surface area contributed by atoms with E-state index < -0.39 is 6.04 Å². The number of carbonyl (C=O) groups is 2. The molecule has 1 atom stereocenters. The first-order valence-corrected chi connectivity index (χ1v) is 7.40. The van der Waals surface area contributed by atoms with Crippen molar-refractivity contribution in [3.63, 3.8) is 0 Å². The van der Waals surface area contributed by atoms with E-state index >= 15 is 0 Å². The number of nitrogens with zero attached hydrogens (tertiary/aromatic N) is 2. The maximum absolute atomic E-state index is 13.1. The smallest absolute Gasteiger partial charge is 0.322 e. The predicted molar refractivity (Wildman–Crippen MR) is 77.2 cm³/mol. The van der Waals surface area contributed by atoms with E-state index in [9.17, 15) is 14.0 Å². The van der Waals surface area contributed by atoms with E-state index in [1.807, 2.05) is 4.90 Å². The lowest BCUT2D eigenvalue weighted by atomic mass is 9.96. The van der Waals surface area contributed by atoms with E-state index in [2.05, 4.69) is 5.32 Å². The predicted octanol–water partition coefficient (Wildman–Crippen LogP) is 1.78. The Morgan fingerprint density at radius 1 is 1.18 bits per heavy atom. The Morgan fingerprint density at radius 2 is 1.86 bits per heavy atom. The molecule has 1 saturated carbocycles. The average Bonchev–Trinajstić information content (AvgIpc) is 3.28. The van der Waals surface area contributed by atoms with Crippen LogP contribution in [0.25, 0.3) is 0 Å². The Kier molecular flexibility index (Phi) is 2.76. The highest BCUT2D eigenvalue weighted by atomic mass is 19.1. The highest BCUT2D eigenvalue weighted by Gasteiger charge is 2.46. The summed E-state index contributed by atoms with van der Waals surface area (Å²) in [5, 5.41) is 2.84. The van der Waals surface area contributed by atoms with Gasteiger partial charge in [0, 0.05) is 13.1 Å². The normalized spacial score (nSPS) is 24.7. The minimum atomic E-state index is -0.504. The highest BCUT2D eigenvalue weighted by Crippen LogP contribution is 2.40. The van der Waals surface area contributed by atoms with Gasteiger partial charge >= 0.3 is 6.03 Å². The SMILES string of the molecule is CN1C(=O)N[C@@H](c2ccc(F)cc2)C2=C1CN(C1CC1)C2=O. The first kappa shape index (κ1) is 13.3. The van der Waals surface area contributed by atoms with Gasteiger partial charge in [0.2, 0.25) is 0 Å². The summed E-state index contributed by atoms with van der Waals surface area (Å²) in [5.41, 5.74) is 2.09. The van der Waals surface area contributed by atoms with Crippen LogP contribution < -0.4 is 5.32 Å². The summed E-state index contributed by atoms with van der Waals surface area (Å²) in [6.45, 7) is 0.487. The maximum Gasteiger partial charge on any atom is 0.322 e. The summed E-state index contributed by atoms with van der Waals surface area (Å²) in [5.74, 6) is -0.353. The van der Waals surface area contributed by atoms with Crippen molar-refractivity contribution in [2.75, 3.05) is 13.6 Å². The van der Waals surface area contributed by atoms with Gasteiger partial charge in [0.15, 0.2) is 0 Å². The molecule has 22 heavy (non-hydrogen) atoms. The molecule has 1 aliphatic carbocycles. The molecule has 1 aromatic rings. The van der Waals surface area contributed by atoms with Gasteiger partial charge in [-0.3, -0.25) is 9.69 Å². The van der Waals surface area contributed by atoms with Crippen LogP contribution in [0.15, 0.2) is 35.5 Å². The molecule has 0 bridgehead atoms. The Hall–Kier alpha value is -2.37. The number of halogens is 1. The third kappa shape index (κ3) is 1.90. The zero-order valence-corrected chi connectivity index (χ0v) is 12.2. The Balaban J connectivity index is 1.76. The molecule has 3 amide bonds. The summed E-state index contributed by atoms with van der Waals surface area (Å²) in [4.78, 5) is 28.3. The van der Waals surface area contributed by atoms with Gasteiger partial charge in [-0.1, -0.05) is 12.1 Å². The number of nitrogens with one attached hydrogen (secondary N) is 1. The van der Waals surface area contributed by atoms with Crippen molar-refractivity contribution in [1.29, 1.82) is 0 Å². The molecule has 0 radical (unpaired) electrons. The van der Waals surface area contributed by atoms with Gasteiger partial charge in [0.25, 0.3) is 5.91 Å². The Labute approximate surface area is 127 Å². The van der Waals surface area contributed by atoms with E-state index in [1.54, 1.807) is 19.2 Å². The summed E-state index contributed by atoms with van der Waals surface area (Å²) < 4.78 is 13.1. The molecule has 1 N–H and O–H groups in total. The lowest BCUT2D eigenvalue weighted by Gasteiger charge is -2.31. The van der Waals surface area contributed by atoms with E-state index in [0.29, 0.717) is 18.2 Å². The van der Waals surface area contributed by atoms with Crippen LogP contribution in [-0.2, 0) is 4.79 Å². The van der Waals surface area contributed by atoms with Crippen LogP contribution >= 0.6 is 0 Å². The van der Waals surface area contributed by atoms with Crippen molar-refractivity contribution in [3.05, 3.63) is 46.9 Å². The second-order valence-electron chi connectivity index (χ2n) is 6.02. The fraction of sp³-hybridized carbons (Fsp3) is 0.375. The van der Waals surface area contributed by atoms with Gasteiger partial charge in [-0.15, -0.1) is 0 Å². The fourth-order valence-electron chi connectivity index (χ4n) is 3.17. The minimum Gasteiger partial charge on any atom is -0.330 e. The molecule has 0 spiro atoms. The van der Waals surface area contributed by atoms with E-state index in [1.165, 1.54) is 17.0 Å². The van der Waals surface area contributed by atoms with Crippen LogP contribution in [0.5, 0.6) is 0 Å². The quantitative estimate of drug-likeness (QED) is 0.905. The van der Waals surface area contributed by atoms with Gasteiger partial charge in [-0.2, -0.15) is 0 Å². The van der Waals surface area contributed by atoms with Crippen molar-refractivity contribution >= 4 is 11.9 Å². The number of amides is 3.